The number of nitrogens with zero attached hydrogens (tertiary/aromatic N) is 2. The Morgan fingerprint density at radius 1 is 1.12 bits per heavy atom. The van der Waals surface area contributed by atoms with E-state index in [-0.39, 0.29) is 22.4 Å². The molecule has 1 unspecified atom stereocenters. The molecule has 1 aromatic carbocycles. The van der Waals surface area contributed by atoms with Crippen LogP contribution in [0.2, 0.25) is 5.02 Å². The maximum Gasteiger partial charge on any atom is 0.255 e. The summed E-state index contributed by atoms with van der Waals surface area (Å²) >= 11 is 6.21. The molecule has 2 heterocycles. The first-order valence-electron chi connectivity index (χ1n) is 8.52. The summed E-state index contributed by atoms with van der Waals surface area (Å²) in [6, 6.07) is 4.61. The molecule has 0 aliphatic carbocycles. The molecule has 24 heavy (non-hydrogen) atoms. The van der Waals surface area contributed by atoms with Crippen LogP contribution in [0.25, 0.3) is 0 Å². The molecule has 0 radical (unpaired) electrons. The van der Waals surface area contributed by atoms with Crippen molar-refractivity contribution in [2.45, 2.75) is 50.0 Å². The molecule has 0 saturated carbocycles. The number of carbonyl (C=O) groups is 1. The fraction of sp³-hybridized carbons (Fsp3) is 0.588. The largest absolute Gasteiger partial charge is 0.336 e. The number of amides is 1. The molecule has 7 heteroatoms. The van der Waals surface area contributed by atoms with Gasteiger partial charge in [-0.1, -0.05) is 11.6 Å². The second-order valence-electron chi connectivity index (χ2n) is 6.60. The van der Waals surface area contributed by atoms with Gasteiger partial charge in [0.25, 0.3) is 5.91 Å². The lowest BCUT2D eigenvalue weighted by atomic mass is 10.0. The zero-order chi connectivity index (χ0) is 17.3. The molecule has 2 saturated heterocycles. The van der Waals surface area contributed by atoms with Crippen LogP contribution in [-0.2, 0) is 10.0 Å². The van der Waals surface area contributed by atoms with Gasteiger partial charge in [0.15, 0.2) is 0 Å². The van der Waals surface area contributed by atoms with Crippen molar-refractivity contribution in [2.24, 2.45) is 0 Å². The van der Waals surface area contributed by atoms with Crippen molar-refractivity contribution in [1.29, 1.82) is 0 Å². The van der Waals surface area contributed by atoms with Crippen molar-refractivity contribution in [2.75, 3.05) is 19.6 Å². The number of piperidine rings is 1. The molecule has 1 atom stereocenters. The monoisotopic (exact) mass is 370 g/mol. The zero-order valence-corrected chi connectivity index (χ0v) is 15.4. The van der Waals surface area contributed by atoms with E-state index >= 15 is 0 Å². The summed E-state index contributed by atoms with van der Waals surface area (Å²) in [5.74, 6) is -0.175. The van der Waals surface area contributed by atoms with Gasteiger partial charge in [-0.2, -0.15) is 4.31 Å². The Bertz CT molecular complexity index is 729. The van der Waals surface area contributed by atoms with Crippen LogP contribution in [0.15, 0.2) is 23.1 Å². The highest BCUT2D eigenvalue weighted by atomic mass is 35.5. The molecule has 0 N–H and O–H groups in total. The molecular weight excluding hydrogens is 348 g/mol. The van der Waals surface area contributed by atoms with Gasteiger partial charge in [0.1, 0.15) is 0 Å². The van der Waals surface area contributed by atoms with Gasteiger partial charge in [0, 0.05) is 25.7 Å². The lowest BCUT2D eigenvalue weighted by molar-refractivity contribution is 0.0635. The van der Waals surface area contributed by atoms with Crippen LogP contribution in [0.4, 0.5) is 0 Å². The number of benzene rings is 1. The number of carbonyl (C=O) groups excluding carboxylic acids is 1. The Balaban J connectivity index is 1.93. The molecule has 2 aliphatic heterocycles. The summed E-state index contributed by atoms with van der Waals surface area (Å²) in [5.41, 5.74) is 0.283. The van der Waals surface area contributed by atoms with Crippen molar-refractivity contribution in [3.05, 3.63) is 28.8 Å². The maximum absolute atomic E-state index is 12.9. The van der Waals surface area contributed by atoms with Crippen molar-refractivity contribution in [1.82, 2.24) is 9.21 Å². The third-order valence-electron chi connectivity index (χ3n) is 4.93. The maximum atomic E-state index is 12.9. The first-order chi connectivity index (χ1) is 11.4. The minimum atomic E-state index is -3.55. The van der Waals surface area contributed by atoms with E-state index in [4.69, 9.17) is 11.6 Å². The van der Waals surface area contributed by atoms with E-state index in [1.807, 2.05) is 6.92 Å². The van der Waals surface area contributed by atoms with E-state index in [2.05, 4.69) is 0 Å². The second kappa shape index (κ2) is 7.02. The van der Waals surface area contributed by atoms with Gasteiger partial charge in [-0.15, -0.1) is 0 Å². The minimum Gasteiger partial charge on any atom is -0.336 e. The Hall–Kier alpha value is -1.11. The number of hydrogen-bond donors (Lipinski definition) is 0. The third kappa shape index (κ3) is 3.32. The van der Waals surface area contributed by atoms with Crippen LogP contribution in [0.1, 0.15) is 49.4 Å². The van der Waals surface area contributed by atoms with E-state index in [0.29, 0.717) is 24.7 Å². The van der Waals surface area contributed by atoms with Gasteiger partial charge in [0.2, 0.25) is 10.0 Å². The summed E-state index contributed by atoms with van der Waals surface area (Å²) in [4.78, 5) is 14.8. The van der Waals surface area contributed by atoms with Crippen molar-refractivity contribution < 1.29 is 13.2 Å². The highest BCUT2D eigenvalue weighted by Gasteiger charge is 2.30. The molecular formula is C17H23ClN2O3S. The molecule has 1 aromatic rings. The lowest BCUT2D eigenvalue weighted by Gasteiger charge is -2.33. The van der Waals surface area contributed by atoms with Crippen molar-refractivity contribution in [3.8, 4) is 0 Å². The highest BCUT2D eigenvalue weighted by molar-refractivity contribution is 7.89. The van der Waals surface area contributed by atoms with E-state index in [0.717, 1.165) is 32.1 Å². The van der Waals surface area contributed by atoms with Crippen LogP contribution in [-0.4, -0.2) is 49.2 Å². The number of halogens is 1. The summed E-state index contributed by atoms with van der Waals surface area (Å²) in [7, 11) is -3.55. The van der Waals surface area contributed by atoms with Crippen LogP contribution in [0.5, 0.6) is 0 Å². The van der Waals surface area contributed by atoms with Crippen molar-refractivity contribution >= 4 is 27.5 Å². The molecule has 132 valence electrons. The van der Waals surface area contributed by atoms with Gasteiger partial charge in [-0.3, -0.25) is 4.79 Å². The number of hydrogen-bond acceptors (Lipinski definition) is 3. The summed E-state index contributed by atoms with van der Waals surface area (Å²) in [6.07, 6.45) is 4.81. The Labute approximate surface area is 148 Å². The first-order valence-corrected chi connectivity index (χ1v) is 10.3. The van der Waals surface area contributed by atoms with Gasteiger partial charge in [0.05, 0.1) is 15.5 Å². The number of rotatable bonds is 3. The number of likely N-dealkylation sites (tertiary alicyclic amines) is 1. The SMILES string of the molecule is CC1CCCCN1C(=O)c1cc(S(=O)(=O)N2CCCC2)ccc1Cl. The Kier molecular flexibility index (Phi) is 5.18. The molecule has 2 aliphatic rings. The lowest BCUT2D eigenvalue weighted by Crippen LogP contribution is -2.42. The molecule has 0 bridgehead atoms. The Morgan fingerprint density at radius 3 is 2.46 bits per heavy atom. The topological polar surface area (TPSA) is 57.7 Å². The molecule has 0 aromatic heterocycles. The van der Waals surface area contributed by atoms with Crippen molar-refractivity contribution in [3.63, 3.8) is 0 Å². The molecule has 5 nitrogen and oxygen atoms in total. The Morgan fingerprint density at radius 2 is 1.79 bits per heavy atom. The molecule has 1 amide bonds. The molecule has 2 fully saturated rings. The van der Waals surface area contributed by atoms with Crippen LogP contribution in [0, 0.1) is 0 Å². The van der Waals surface area contributed by atoms with Crippen LogP contribution in [0.3, 0.4) is 0 Å². The number of sulfonamides is 1. The average Bonchev–Trinajstić information content (AvgIpc) is 3.10. The van der Waals surface area contributed by atoms with Crippen LogP contribution < -0.4 is 0 Å². The van der Waals surface area contributed by atoms with E-state index < -0.39 is 10.0 Å². The van der Waals surface area contributed by atoms with E-state index in [1.165, 1.54) is 22.5 Å². The molecule has 0 spiro atoms. The molecule has 3 rings (SSSR count). The quantitative estimate of drug-likeness (QED) is 0.821. The zero-order valence-electron chi connectivity index (χ0n) is 13.9. The van der Waals surface area contributed by atoms with Gasteiger partial charge < -0.3 is 4.90 Å². The normalized spacial score (nSPS) is 22.8. The van der Waals surface area contributed by atoms with Crippen LogP contribution >= 0.6 is 11.6 Å². The summed E-state index contributed by atoms with van der Waals surface area (Å²) in [5, 5.41) is 0.304. The second-order valence-corrected chi connectivity index (χ2v) is 8.94. The summed E-state index contributed by atoms with van der Waals surface area (Å²) < 4.78 is 26.9. The average molecular weight is 371 g/mol. The summed E-state index contributed by atoms with van der Waals surface area (Å²) in [6.45, 7) is 3.80. The third-order valence-corrected chi connectivity index (χ3v) is 7.16. The van der Waals surface area contributed by atoms with Gasteiger partial charge >= 0.3 is 0 Å². The minimum absolute atomic E-state index is 0.154. The fourth-order valence-electron chi connectivity index (χ4n) is 3.46. The first kappa shape index (κ1) is 17.7. The fourth-order valence-corrected chi connectivity index (χ4v) is 5.20. The highest BCUT2D eigenvalue weighted by Crippen LogP contribution is 2.28. The van der Waals surface area contributed by atoms with Gasteiger partial charge in [-0.25, -0.2) is 8.42 Å². The van der Waals surface area contributed by atoms with E-state index in [9.17, 15) is 13.2 Å². The predicted octanol–water partition coefficient (Wildman–Crippen LogP) is 3.14. The predicted molar refractivity (Wildman–Crippen MR) is 93.8 cm³/mol. The van der Waals surface area contributed by atoms with Gasteiger partial charge in [-0.05, 0) is 57.2 Å². The smallest absolute Gasteiger partial charge is 0.255 e. The standard InChI is InChI=1S/C17H23ClN2O3S/c1-13-6-2-3-11-20(13)17(21)15-12-14(7-8-16(15)18)24(22,23)19-9-4-5-10-19/h7-8,12-13H,2-6,9-11H2,1H3. The van der Waals surface area contributed by atoms with E-state index in [1.54, 1.807) is 4.90 Å².